The number of hydrogen-bond donors (Lipinski definition) is 1. The van der Waals surface area contributed by atoms with Gasteiger partial charge in [-0.1, -0.05) is 27.7 Å². The van der Waals surface area contributed by atoms with Crippen LogP contribution in [0.2, 0.25) is 0 Å². The first-order valence-corrected chi connectivity index (χ1v) is 6.72. The van der Waals surface area contributed by atoms with Gasteiger partial charge in [0.2, 0.25) is 0 Å². The van der Waals surface area contributed by atoms with Crippen LogP contribution in [0.15, 0.2) is 0 Å². The molecule has 1 aliphatic heterocycles. The highest BCUT2D eigenvalue weighted by molar-refractivity contribution is 5.13. The summed E-state index contributed by atoms with van der Waals surface area (Å²) >= 11 is 0. The van der Waals surface area contributed by atoms with E-state index >= 15 is 0 Å². The maximum absolute atomic E-state index is 3.74. The van der Waals surface area contributed by atoms with E-state index in [1.54, 1.807) is 0 Å². The lowest BCUT2D eigenvalue weighted by Gasteiger charge is -2.20. The predicted octanol–water partition coefficient (Wildman–Crippen LogP) is 2.35. The molecule has 0 bridgehead atoms. The maximum atomic E-state index is 3.74. The normalized spacial score (nSPS) is 46.5. The molecule has 2 fully saturated rings. The molecule has 0 amide bonds. The van der Waals surface area contributed by atoms with E-state index in [4.69, 9.17) is 0 Å². The lowest BCUT2D eigenvalue weighted by molar-refractivity contribution is 0.357. The first kappa shape index (κ1) is 12.4. The third kappa shape index (κ3) is 1.91. The molecule has 0 radical (unpaired) electrons. The Morgan fingerprint density at radius 3 is 2.25 bits per heavy atom. The van der Waals surface area contributed by atoms with Crippen LogP contribution in [-0.4, -0.2) is 37.1 Å². The number of nitrogens with zero attached hydrogens (tertiary/aromatic N) is 1. The first-order chi connectivity index (χ1) is 7.29. The SMILES string of the molecule is CC(CC1CN1C)NCC1(C)C(C)C1(C)C. The van der Waals surface area contributed by atoms with E-state index in [-0.39, 0.29) is 0 Å². The quantitative estimate of drug-likeness (QED) is 0.721. The van der Waals surface area contributed by atoms with Gasteiger partial charge in [-0.25, -0.2) is 0 Å². The van der Waals surface area contributed by atoms with Crippen molar-refractivity contribution in [3.05, 3.63) is 0 Å². The molecular formula is C14H28N2. The molecule has 0 spiro atoms. The molecule has 94 valence electrons. The molecule has 1 saturated heterocycles. The summed E-state index contributed by atoms with van der Waals surface area (Å²) in [6.07, 6.45) is 1.31. The van der Waals surface area contributed by atoms with Gasteiger partial charge in [0.05, 0.1) is 0 Å². The molecule has 0 aromatic carbocycles. The molecule has 1 heterocycles. The van der Waals surface area contributed by atoms with Gasteiger partial charge in [0.15, 0.2) is 0 Å². The molecule has 2 heteroatoms. The molecule has 5 atom stereocenters. The summed E-state index contributed by atoms with van der Waals surface area (Å²) in [5.74, 6) is 0.850. The Balaban J connectivity index is 1.72. The van der Waals surface area contributed by atoms with E-state index in [0.717, 1.165) is 12.0 Å². The molecule has 0 aromatic heterocycles. The van der Waals surface area contributed by atoms with E-state index in [0.29, 0.717) is 16.9 Å². The van der Waals surface area contributed by atoms with Crippen LogP contribution in [0.3, 0.4) is 0 Å². The van der Waals surface area contributed by atoms with Crippen molar-refractivity contribution >= 4 is 0 Å². The van der Waals surface area contributed by atoms with E-state index in [1.165, 1.54) is 19.5 Å². The summed E-state index contributed by atoms with van der Waals surface area (Å²) in [6, 6.07) is 1.51. The minimum atomic E-state index is 0.511. The Morgan fingerprint density at radius 1 is 1.38 bits per heavy atom. The zero-order valence-electron chi connectivity index (χ0n) is 11.8. The highest BCUT2D eigenvalue weighted by atomic mass is 15.3. The number of likely N-dealkylation sites (N-methyl/N-ethyl adjacent to an activating group) is 1. The fourth-order valence-corrected chi connectivity index (χ4v) is 3.18. The molecule has 2 rings (SSSR count). The largest absolute Gasteiger partial charge is 0.314 e. The minimum Gasteiger partial charge on any atom is -0.314 e. The topological polar surface area (TPSA) is 15.0 Å². The average Bonchev–Trinajstić information content (AvgIpc) is 2.97. The van der Waals surface area contributed by atoms with Crippen LogP contribution < -0.4 is 5.32 Å². The third-order valence-electron chi connectivity index (χ3n) is 5.86. The van der Waals surface area contributed by atoms with Crippen LogP contribution in [0.25, 0.3) is 0 Å². The van der Waals surface area contributed by atoms with Gasteiger partial charge in [-0.3, -0.25) is 0 Å². The van der Waals surface area contributed by atoms with Gasteiger partial charge in [0, 0.05) is 25.2 Å². The fourth-order valence-electron chi connectivity index (χ4n) is 3.18. The molecule has 0 aromatic rings. The molecule has 16 heavy (non-hydrogen) atoms. The highest BCUT2D eigenvalue weighted by Crippen LogP contribution is 2.67. The van der Waals surface area contributed by atoms with Crippen molar-refractivity contribution in [2.45, 2.75) is 53.1 Å². The summed E-state index contributed by atoms with van der Waals surface area (Å²) in [7, 11) is 2.21. The summed E-state index contributed by atoms with van der Waals surface area (Å²) < 4.78 is 0. The Hall–Kier alpha value is -0.0800. The molecule has 2 nitrogen and oxygen atoms in total. The van der Waals surface area contributed by atoms with Gasteiger partial charge in [0.25, 0.3) is 0 Å². The number of nitrogens with one attached hydrogen (secondary N) is 1. The van der Waals surface area contributed by atoms with Gasteiger partial charge in [-0.15, -0.1) is 0 Å². The van der Waals surface area contributed by atoms with Gasteiger partial charge in [-0.2, -0.15) is 0 Å². The Labute approximate surface area is 101 Å². The van der Waals surface area contributed by atoms with Crippen LogP contribution in [0.1, 0.15) is 41.0 Å². The van der Waals surface area contributed by atoms with E-state index in [2.05, 4.69) is 51.9 Å². The highest BCUT2D eigenvalue weighted by Gasteiger charge is 2.64. The van der Waals surface area contributed by atoms with Crippen molar-refractivity contribution in [3.63, 3.8) is 0 Å². The first-order valence-electron chi connectivity index (χ1n) is 6.72. The molecule has 2 aliphatic rings. The molecule has 1 saturated carbocycles. The van der Waals surface area contributed by atoms with E-state index in [1.807, 2.05) is 0 Å². The summed E-state index contributed by atoms with van der Waals surface area (Å²) in [5.41, 5.74) is 1.03. The molecular weight excluding hydrogens is 196 g/mol. The molecule has 1 aliphatic carbocycles. The summed E-state index contributed by atoms with van der Waals surface area (Å²) in [5, 5.41) is 3.74. The maximum Gasteiger partial charge on any atom is 0.0235 e. The Kier molecular flexibility index (Phi) is 2.87. The van der Waals surface area contributed by atoms with Gasteiger partial charge in [-0.05, 0) is 37.1 Å². The standard InChI is InChI=1S/C14H28N2/c1-10(7-12-8-16(12)6)15-9-14(5)11(2)13(14,3)4/h10-12,15H,7-9H2,1-6H3. The van der Waals surface area contributed by atoms with Gasteiger partial charge < -0.3 is 10.2 Å². The van der Waals surface area contributed by atoms with Crippen LogP contribution in [0, 0.1) is 16.7 Å². The van der Waals surface area contributed by atoms with Crippen LogP contribution in [0.4, 0.5) is 0 Å². The van der Waals surface area contributed by atoms with Crippen LogP contribution in [-0.2, 0) is 0 Å². The van der Waals surface area contributed by atoms with Crippen molar-refractivity contribution in [2.24, 2.45) is 16.7 Å². The van der Waals surface area contributed by atoms with Crippen molar-refractivity contribution in [2.75, 3.05) is 20.1 Å². The van der Waals surface area contributed by atoms with Gasteiger partial charge >= 0.3 is 0 Å². The second kappa shape index (κ2) is 3.71. The van der Waals surface area contributed by atoms with Crippen molar-refractivity contribution in [1.29, 1.82) is 0 Å². The monoisotopic (exact) mass is 224 g/mol. The number of rotatable bonds is 5. The summed E-state index contributed by atoms with van der Waals surface area (Å²) in [4.78, 5) is 2.42. The summed E-state index contributed by atoms with van der Waals surface area (Å²) in [6.45, 7) is 14.4. The van der Waals surface area contributed by atoms with Crippen LogP contribution in [0.5, 0.6) is 0 Å². The van der Waals surface area contributed by atoms with Crippen LogP contribution >= 0.6 is 0 Å². The predicted molar refractivity (Wildman–Crippen MR) is 69.6 cm³/mol. The lowest BCUT2D eigenvalue weighted by Crippen LogP contribution is -2.34. The fraction of sp³-hybridized carbons (Fsp3) is 1.00. The lowest BCUT2D eigenvalue weighted by atomic mass is 9.97. The molecule has 5 unspecified atom stereocenters. The second-order valence-corrected chi connectivity index (χ2v) is 6.97. The second-order valence-electron chi connectivity index (χ2n) is 6.97. The number of hydrogen-bond acceptors (Lipinski definition) is 2. The van der Waals surface area contributed by atoms with Gasteiger partial charge in [0.1, 0.15) is 0 Å². The Morgan fingerprint density at radius 2 is 1.88 bits per heavy atom. The minimum absolute atomic E-state index is 0.511. The zero-order valence-corrected chi connectivity index (χ0v) is 11.8. The third-order valence-corrected chi connectivity index (χ3v) is 5.86. The average molecular weight is 224 g/mol. The van der Waals surface area contributed by atoms with E-state index in [9.17, 15) is 0 Å². The van der Waals surface area contributed by atoms with Crippen molar-refractivity contribution < 1.29 is 0 Å². The Bertz CT molecular complexity index is 274. The zero-order chi connectivity index (χ0) is 12.1. The van der Waals surface area contributed by atoms with E-state index < -0.39 is 0 Å². The van der Waals surface area contributed by atoms with Crippen molar-refractivity contribution in [1.82, 2.24) is 10.2 Å². The smallest absolute Gasteiger partial charge is 0.0235 e. The van der Waals surface area contributed by atoms with Crippen molar-refractivity contribution in [3.8, 4) is 0 Å². The molecule has 1 N–H and O–H groups in total.